The molecule has 0 aliphatic heterocycles. The Kier molecular flexibility index (Phi) is 7.67. The molecule has 178 valence electrons. The van der Waals surface area contributed by atoms with Crippen LogP contribution in [0.3, 0.4) is 0 Å². The number of benzene rings is 2. The Balaban J connectivity index is 0.00000342. The first-order valence-electron chi connectivity index (χ1n) is 10.9. The van der Waals surface area contributed by atoms with Gasteiger partial charge in [0.05, 0.1) is 12.3 Å². The maximum atomic E-state index is 14.8. The van der Waals surface area contributed by atoms with E-state index >= 15 is 0 Å². The SMILES string of the molecule is [C-]#[N+]c1c(F)c[c-]c(-c2cccc(C(C)(C)c3cccc(C(C)(C)c4[c-]cccc4)n3)n2)c1F.[Pt+2]. The van der Waals surface area contributed by atoms with Crippen LogP contribution in [-0.4, -0.2) is 9.97 Å². The summed E-state index contributed by atoms with van der Waals surface area (Å²) in [5, 5.41) is 0. The van der Waals surface area contributed by atoms with Gasteiger partial charge in [-0.25, -0.2) is 0 Å². The van der Waals surface area contributed by atoms with Crippen molar-refractivity contribution >= 4 is 5.69 Å². The van der Waals surface area contributed by atoms with Crippen LogP contribution < -0.4 is 0 Å². The summed E-state index contributed by atoms with van der Waals surface area (Å²) in [6, 6.07) is 25.9. The Morgan fingerprint density at radius 3 is 2.06 bits per heavy atom. The average Bonchev–Trinajstić information content (AvgIpc) is 2.85. The van der Waals surface area contributed by atoms with Gasteiger partial charge in [0.2, 0.25) is 0 Å². The summed E-state index contributed by atoms with van der Waals surface area (Å²) in [5.74, 6) is -1.90. The van der Waals surface area contributed by atoms with Crippen LogP contribution in [0.25, 0.3) is 16.1 Å². The molecule has 0 fully saturated rings. The van der Waals surface area contributed by atoms with Gasteiger partial charge in [0, 0.05) is 33.9 Å². The van der Waals surface area contributed by atoms with E-state index in [1.807, 2.05) is 62.4 Å². The molecule has 0 atom stereocenters. The van der Waals surface area contributed by atoms with E-state index < -0.39 is 22.7 Å². The van der Waals surface area contributed by atoms with E-state index in [-0.39, 0.29) is 37.7 Å². The summed E-state index contributed by atoms with van der Waals surface area (Å²) in [6.07, 6.45) is 0. The number of pyridine rings is 2. The molecule has 0 saturated heterocycles. The number of hydrogen-bond donors (Lipinski definition) is 0. The van der Waals surface area contributed by atoms with E-state index in [0.717, 1.165) is 23.0 Å². The predicted octanol–water partition coefficient (Wildman–Crippen LogP) is 7.22. The minimum Gasteiger partial charge on any atom is -0.300 e. The van der Waals surface area contributed by atoms with Crippen molar-refractivity contribution in [1.29, 1.82) is 0 Å². The fourth-order valence-electron chi connectivity index (χ4n) is 3.88. The third-order valence-electron chi connectivity index (χ3n) is 6.17. The fraction of sp³-hybridized carbons (Fsp3) is 0.207. The zero-order valence-corrected chi connectivity index (χ0v) is 22.0. The number of halogens is 2. The van der Waals surface area contributed by atoms with E-state index in [1.165, 1.54) is 0 Å². The summed E-state index contributed by atoms with van der Waals surface area (Å²) in [5.41, 5.74) is 2.04. The van der Waals surface area contributed by atoms with Crippen molar-refractivity contribution in [2.45, 2.75) is 38.5 Å². The second-order valence-electron chi connectivity index (χ2n) is 9.13. The second kappa shape index (κ2) is 10.2. The fourth-order valence-corrected chi connectivity index (χ4v) is 3.88. The molecule has 0 N–H and O–H groups in total. The molecule has 4 aromatic rings. The van der Waals surface area contributed by atoms with Crippen LogP contribution in [0.2, 0.25) is 0 Å². The van der Waals surface area contributed by atoms with Gasteiger partial charge in [-0.05, 0) is 37.7 Å². The Morgan fingerprint density at radius 1 is 0.800 bits per heavy atom. The predicted molar refractivity (Wildman–Crippen MR) is 128 cm³/mol. The number of nitrogens with zero attached hydrogens (tertiary/aromatic N) is 3. The Morgan fingerprint density at radius 2 is 1.43 bits per heavy atom. The van der Waals surface area contributed by atoms with Crippen LogP contribution >= 0.6 is 0 Å². The zero-order valence-electron chi connectivity index (χ0n) is 19.8. The number of aromatic nitrogens is 2. The molecule has 2 aromatic heterocycles. The maximum absolute atomic E-state index is 14.8. The molecular weight excluding hydrogens is 623 g/mol. The molecule has 0 bridgehead atoms. The molecule has 0 aliphatic rings. The molecule has 0 amide bonds. The smallest absolute Gasteiger partial charge is 0.300 e. The summed E-state index contributed by atoms with van der Waals surface area (Å²) in [6.45, 7) is 15.3. The van der Waals surface area contributed by atoms with Gasteiger partial charge in [0.15, 0.2) is 5.69 Å². The average molecular weight is 647 g/mol. The van der Waals surface area contributed by atoms with Crippen molar-refractivity contribution in [2.24, 2.45) is 0 Å². The van der Waals surface area contributed by atoms with Crippen molar-refractivity contribution in [3.05, 3.63) is 125 Å². The zero-order chi connectivity index (χ0) is 24.5. The number of rotatable bonds is 5. The molecule has 4 rings (SSSR count). The van der Waals surface area contributed by atoms with Crippen molar-refractivity contribution in [3.63, 3.8) is 0 Å². The largest absolute Gasteiger partial charge is 2.00 e. The topological polar surface area (TPSA) is 30.1 Å². The Hall–Kier alpha value is -3.22. The van der Waals surface area contributed by atoms with E-state index in [4.69, 9.17) is 11.6 Å². The van der Waals surface area contributed by atoms with E-state index in [0.29, 0.717) is 5.69 Å². The van der Waals surface area contributed by atoms with Gasteiger partial charge in [-0.1, -0.05) is 32.0 Å². The summed E-state index contributed by atoms with van der Waals surface area (Å²) in [4.78, 5) is 12.6. The van der Waals surface area contributed by atoms with E-state index in [2.05, 4.69) is 35.8 Å². The van der Waals surface area contributed by atoms with Gasteiger partial charge < -0.3 is 4.98 Å². The molecule has 2 heterocycles. The van der Waals surface area contributed by atoms with Crippen molar-refractivity contribution in [1.82, 2.24) is 9.97 Å². The Bertz CT molecular complexity index is 1390. The standard InChI is InChI=1S/C29H23F2N3.Pt/c1-28(2,19-11-7-6-8-12-19)23-15-10-16-25(34-23)29(3,4)24-14-9-13-22(33-24)20-17-18-21(30)27(32-5)26(20)31;/h6-11,13-16,18H,1-4H3;/q-2;+2. The van der Waals surface area contributed by atoms with Gasteiger partial charge in [-0.15, -0.1) is 17.7 Å². The minimum atomic E-state index is -0.960. The van der Waals surface area contributed by atoms with Crippen LogP contribution in [0.5, 0.6) is 0 Å². The normalized spacial score (nSPS) is 11.5. The van der Waals surface area contributed by atoms with Gasteiger partial charge in [0.1, 0.15) is 0 Å². The molecule has 2 aromatic carbocycles. The van der Waals surface area contributed by atoms with Crippen LogP contribution in [-0.2, 0) is 31.9 Å². The first kappa shape index (κ1) is 26.4. The van der Waals surface area contributed by atoms with E-state index in [1.54, 1.807) is 12.1 Å². The van der Waals surface area contributed by atoms with Gasteiger partial charge in [-0.2, -0.15) is 35.9 Å². The van der Waals surface area contributed by atoms with Crippen LogP contribution in [0.4, 0.5) is 14.5 Å². The third kappa shape index (κ3) is 4.95. The van der Waals surface area contributed by atoms with Crippen LogP contribution in [0, 0.1) is 30.3 Å². The molecule has 0 aliphatic carbocycles. The molecular formula is C29H23F2N3Pt. The summed E-state index contributed by atoms with van der Waals surface area (Å²) in [7, 11) is 0. The molecule has 0 saturated carbocycles. The van der Waals surface area contributed by atoms with Crippen molar-refractivity contribution in [3.8, 4) is 11.3 Å². The third-order valence-corrected chi connectivity index (χ3v) is 6.17. The molecule has 0 unspecified atom stereocenters. The summed E-state index contributed by atoms with van der Waals surface area (Å²) >= 11 is 0. The molecule has 0 radical (unpaired) electrons. The monoisotopic (exact) mass is 646 g/mol. The van der Waals surface area contributed by atoms with Crippen LogP contribution in [0.1, 0.15) is 50.3 Å². The van der Waals surface area contributed by atoms with Gasteiger partial charge >= 0.3 is 21.1 Å². The molecule has 0 spiro atoms. The Labute approximate surface area is 219 Å². The summed E-state index contributed by atoms with van der Waals surface area (Å²) < 4.78 is 28.6. The first-order valence-corrected chi connectivity index (χ1v) is 10.9. The quantitative estimate of drug-likeness (QED) is 0.215. The van der Waals surface area contributed by atoms with E-state index in [9.17, 15) is 8.78 Å². The molecule has 6 heteroatoms. The molecule has 3 nitrogen and oxygen atoms in total. The van der Waals surface area contributed by atoms with Crippen molar-refractivity contribution in [2.75, 3.05) is 0 Å². The van der Waals surface area contributed by atoms with Crippen molar-refractivity contribution < 1.29 is 29.8 Å². The minimum absolute atomic E-state index is 0. The maximum Gasteiger partial charge on any atom is 2.00 e. The van der Waals surface area contributed by atoms with Crippen LogP contribution in [0.15, 0.2) is 66.7 Å². The number of hydrogen-bond acceptors (Lipinski definition) is 2. The second-order valence-corrected chi connectivity index (χ2v) is 9.13. The molecule has 35 heavy (non-hydrogen) atoms. The van der Waals surface area contributed by atoms with Gasteiger partial charge in [0.25, 0.3) is 0 Å². The van der Waals surface area contributed by atoms with Gasteiger partial charge in [-0.3, -0.25) is 18.6 Å². The first-order chi connectivity index (χ1) is 16.2.